The second-order valence-electron chi connectivity index (χ2n) is 4.95. The van der Waals surface area contributed by atoms with Crippen LogP contribution in [0.5, 0.6) is 0 Å². The van der Waals surface area contributed by atoms with Crippen LogP contribution in [0.1, 0.15) is 17.2 Å². The van der Waals surface area contributed by atoms with Gasteiger partial charge in [-0.3, -0.25) is 4.99 Å². The predicted molar refractivity (Wildman–Crippen MR) is 89.1 cm³/mol. The van der Waals surface area contributed by atoms with E-state index in [1.54, 1.807) is 7.05 Å². The minimum atomic E-state index is 0.581. The maximum absolute atomic E-state index is 5.87. The van der Waals surface area contributed by atoms with Crippen molar-refractivity contribution in [3.8, 4) is 0 Å². The Bertz CT molecular complexity index is 632. The summed E-state index contributed by atoms with van der Waals surface area (Å²) in [6.07, 6.45) is 0.904. The van der Waals surface area contributed by atoms with Crippen molar-refractivity contribution in [1.29, 1.82) is 0 Å². The maximum atomic E-state index is 5.87. The molecule has 0 bridgehead atoms. The molecule has 0 saturated carbocycles. The molecule has 1 heterocycles. The number of hydrogen-bond donors (Lipinski definition) is 2. The van der Waals surface area contributed by atoms with Crippen molar-refractivity contribution in [2.45, 2.75) is 19.9 Å². The summed E-state index contributed by atoms with van der Waals surface area (Å²) in [7, 11) is 3.70. The van der Waals surface area contributed by atoms with Gasteiger partial charge in [0, 0.05) is 25.7 Å². The molecular formula is C15H21ClN6. The smallest absolute Gasteiger partial charge is 0.191 e. The fraction of sp³-hybridized carbons (Fsp3) is 0.400. The summed E-state index contributed by atoms with van der Waals surface area (Å²) in [6, 6.07) is 7.87. The quantitative estimate of drug-likeness (QED) is 0.650. The highest BCUT2D eigenvalue weighted by molar-refractivity contribution is 6.30. The molecular weight excluding hydrogens is 300 g/mol. The van der Waals surface area contributed by atoms with Gasteiger partial charge in [-0.2, -0.15) is 0 Å². The molecule has 1 aromatic carbocycles. The Morgan fingerprint density at radius 2 is 1.95 bits per heavy atom. The van der Waals surface area contributed by atoms with Crippen molar-refractivity contribution in [3.63, 3.8) is 0 Å². The molecule has 0 saturated heterocycles. The molecule has 0 unspecified atom stereocenters. The van der Waals surface area contributed by atoms with E-state index in [1.807, 2.05) is 42.8 Å². The molecule has 1 aromatic heterocycles. The minimum absolute atomic E-state index is 0.581. The van der Waals surface area contributed by atoms with E-state index in [1.165, 1.54) is 5.56 Å². The average molecular weight is 321 g/mol. The first-order valence-corrected chi connectivity index (χ1v) is 7.51. The predicted octanol–water partition coefficient (Wildman–Crippen LogP) is 1.68. The number of aromatic nitrogens is 3. The minimum Gasteiger partial charge on any atom is -0.356 e. The number of benzene rings is 1. The Kier molecular flexibility index (Phi) is 5.77. The van der Waals surface area contributed by atoms with Crippen LogP contribution in [-0.4, -0.2) is 34.3 Å². The van der Waals surface area contributed by atoms with E-state index in [2.05, 4.69) is 25.8 Å². The van der Waals surface area contributed by atoms with Gasteiger partial charge in [0.15, 0.2) is 11.8 Å². The molecule has 118 valence electrons. The summed E-state index contributed by atoms with van der Waals surface area (Å²) < 4.78 is 1.95. The lowest BCUT2D eigenvalue weighted by molar-refractivity contribution is 0.716. The van der Waals surface area contributed by atoms with Gasteiger partial charge in [0.25, 0.3) is 0 Å². The summed E-state index contributed by atoms with van der Waals surface area (Å²) in [5, 5.41) is 15.4. The van der Waals surface area contributed by atoms with Crippen molar-refractivity contribution in [2.75, 3.05) is 13.6 Å². The van der Waals surface area contributed by atoms with E-state index in [0.29, 0.717) is 6.54 Å². The fourth-order valence-corrected chi connectivity index (χ4v) is 2.09. The van der Waals surface area contributed by atoms with Gasteiger partial charge in [0.05, 0.1) is 6.54 Å². The van der Waals surface area contributed by atoms with Crippen molar-refractivity contribution in [3.05, 3.63) is 46.5 Å². The Morgan fingerprint density at radius 1 is 1.23 bits per heavy atom. The number of nitrogens with one attached hydrogen (secondary N) is 2. The summed E-state index contributed by atoms with van der Waals surface area (Å²) >= 11 is 5.87. The first-order valence-electron chi connectivity index (χ1n) is 7.14. The molecule has 0 aliphatic heterocycles. The van der Waals surface area contributed by atoms with Gasteiger partial charge in [-0.05, 0) is 31.0 Å². The molecule has 0 amide bonds. The van der Waals surface area contributed by atoms with Gasteiger partial charge in [-0.15, -0.1) is 10.2 Å². The monoisotopic (exact) mass is 320 g/mol. The maximum Gasteiger partial charge on any atom is 0.191 e. The van der Waals surface area contributed by atoms with Crippen LogP contribution < -0.4 is 10.6 Å². The van der Waals surface area contributed by atoms with Gasteiger partial charge in [-0.25, -0.2) is 0 Å². The third-order valence-electron chi connectivity index (χ3n) is 3.44. The molecule has 22 heavy (non-hydrogen) atoms. The van der Waals surface area contributed by atoms with Crippen LogP contribution in [0, 0.1) is 6.92 Å². The highest BCUT2D eigenvalue weighted by atomic mass is 35.5. The number of halogens is 1. The molecule has 0 atom stereocenters. The third kappa shape index (κ3) is 4.46. The van der Waals surface area contributed by atoms with Gasteiger partial charge >= 0.3 is 0 Å². The lowest BCUT2D eigenvalue weighted by atomic mass is 10.1. The molecule has 0 fully saturated rings. The average Bonchev–Trinajstić information content (AvgIpc) is 2.84. The Morgan fingerprint density at radius 3 is 2.55 bits per heavy atom. The summed E-state index contributed by atoms with van der Waals surface area (Å²) in [6.45, 7) is 3.30. The van der Waals surface area contributed by atoms with E-state index in [0.717, 1.165) is 35.6 Å². The largest absolute Gasteiger partial charge is 0.356 e. The van der Waals surface area contributed by atoms with Crippen LogP contribution in [0.25, 0.3) is 0 Å². The van der Waals surface area contributed by atoms with Crippen molar-refractivity contribution >= 4 is 17.6 Å². The van der Waals surface area contributed by atoms with Crippen molar-refractivity contribution in [1.82, 2.24) is 25.4 Å². The Hall–Kier alpha value is -2.08. The Labute approximate surface area is 135 Å². The molecule has 7 heteroatoms. The summed E-state index contributed by atoms with van der Waals surface area (Å²) in [4.78, 5) is 4.20. The molecule has 6 nitrogen and oxygen atoms in total. The molecule has 2 N–H and O–H groups in total. The zero-order valence-corrected chi connectivity index (χ0v) is 13.9. The van der Waals surface area contributed by atoms with Gasteiger partial charge in [-0.1, -0.05) is 23.7 Å². The van der Waals surface area contributed by atoms with E-state index in [4.69, 9.17) is 11.6 Å². The van der Waals surface area contributed by atoms with Crippen LogP contribution in [0.3, 0.4) is 0 Å². The van der Waals surface area contributed by atoms with E-state index in [-0.39, 0.29) is 0 Å². The zero-order chi connectivity index (χ0) is 15.9. The van der Waals surface area contributed by atoms with Crippen LogP contribution >= 0.6 is 11.6 Å². The molecule has 2 rings (SSSR count). The van der Waals surface area contributed by atoms with Gasteiger partial charge < -0.3 is 15.2 Å². The van der Waals surface area contributed by atoms with Crippen LogP contribution in [0.4, 0.5) is 0 Å². The Balaban J connectivity index is 1.78. The molecule has 0 spiro atoms. The second kappa shape index (κ2) is 7.79. The molecule has 0 aliphatic rings. The topological polar surface area (TPSA) is 67.1 Å². The second-order valence-corrected chi connectivity index (χ2v) is 5.39. The highest BCUT2D eigenvalue weighted by Gasteiger charge is 2.05. The molecule has 0 radical (unpaired) electrons. The van der Waals surface area contributed by atoms with Crippen molar-refractivity contribution in [2.24, 2.45) is 12.0 Å². The molecule has 0 aliphatic carbocycles. The first kappa shape index (κ1) is 16.3. The third-order valence-corrected chi connectivity index (χ3v) is 3.69. The first-order chi connectivity index (χ1) is 10.6. The normalized spacial score (nSPS) is 11.5. The zero-order valence-electron chi connectivity index (χ0n) is 13.1. The number of nitrogens with zero attached hydrogens (tertiary/aromatic N) is 4. The van der Waals surface area contributed by atoms with E-state index >= 15 is 0 Å². The van der Waals surface area contributed by atoms with Crippen LogP contribution in [0.15, 0.2) is 29.3 Å². The number of rotatable bonds is 5. The number of hydrogen-bond acceptors (Lipinski definition) is 3. The van der Waals surface area contributed by atoms with Gasteiger partial charge in [0.1, 0.15) is 5.82 Å². The van der Waals surface area contributed by atoms with Gasteiger partial charge in [0.2, 0.25) is 0 Å². The SMILES string of the molecule is CN=C(NCCc1ccc(Cl)cc1)NCc1nnc(C)n1C. The number of aryl methyl sites for hydroxylation is 1. The van der Waals surface area contributed by atoms with Crippen LogP contribution in [-0.2, 0) is 20.0 Å². The van der Waals surface area contributed by atoms with E-state index in [9.17, 15) is 0 Å². The standard InChI is InChI=1S/C15H21ClN6/c1-11-20-21-14(22(11)3)10-19-15(17-2)18-9-8-12-4-6-13(16)7-5-12/h4-7H,8-10H2,1-3H3,(H2,17,18,19). The fourth-order valence-electron chi connectivity index (χ4n) is 1.96. The van der Waals surface area contributed by atoms with E-state index < -0.39 is 0 Å². The lowest BCUT2D eigenvalue weighted by Gasteiger charge is -2.11. The summed E-state index contributed by atoms with van der Waals surface area (Å²) in [5.41, 5.74) is 1.23. The van der Waals surface area contributed by atoms with Crippen molar-refractivity contribution < 1.29 is 0 Å². The summed E-state index contributed by atoms with van der Waals surface area (Å²) in [5.74, 6) is 2.51. The van der Waals surface area contributed by atoms with Crippen LogP contribution in [0.2, 0.25) is 5.02 Å². The molecule has 2 aromatic rings. The number of guanidine groups is 1. The highest BCUT2D eigenvalue weighted by Crippen LogP contribution is 2.09. The lowest BCUT2D eigenvalue weighted by Crippen LogP contribution is -2.38. The number of aliphatic imine (C=N–C) groups is 1.